The molecule has 2 aromatic carbocycles. The second-order valence-electron chi connectivity index (χ2n) is 9.23. The molecule has 1 saturated heterocycles. The van der Waals surface area contributed by atoms with Crippen molar-refractivity contribution in [3.8, 4) is 0 Å². The van der Waals surface area contributed by atoms with Crippen LogP contribution in [0.3, 0.4) is 0 Å². The quantitative estimate of drug-likeness (QED) is 0.353. The molecule has 2 unspecified atom stereocenters. The van der Waals surface area contributed by atoms with Crippen LogP contribution >= 0.6 is 0 Å². The zero-order valence-corrected chi connectivity index (χ0v) is 21.6. The fourth-order valence-corrected chi connectivity index (χ4v) is 5.45. The molecule has 0 spiro atoms. The van der Waals surface area contributed by atoms with E-state index < -0.39 is 17.4 Å². The monoisotopic (exact) mass is 511 g/mol. The lowest BCUT2D eigenvalue weighted by Crippen LogP contribution is -2.55. The van der Waals surface area contributed by atoms with Gasteiger partial charge in [-0.15, -0.1) is 5.10 Å². The molecule has 36 heavy (non-hydrogen) atoms. The molecule has 1 fully saturated rings. The van der Waals surface area contributed by atoms with Crippen LogP contribution in [0, 0.1) is 24.1 Å². The van der Waals surface area contributed by atoms with Gasteiger partial charge in [-0.25, -0.2) is 4.39 Å². The topological polar surface area (TPSA) is 113 Å². The van der Waals surface area contributed by atoms with E-state index in [-0.39, 0.29) is 16.8 Å². The molecule has 3 aromatic rings. The summed E-state index contributed by atoms with van der Waals surface area (Å²) in [5, 5.41) is 19.6. The summed E-state index contributed by atoms with van der Waals surface area (Å²) in [6.07, 6.45) is 2.64. The summed E-state index contributed by atoms with van der Waals surface area (Å²) in [5.41, 5.74) is 3.56. The Bertz CT molecular complexity index is 1250. The van der Waals surface area contributed by atoms with Crippen LogP contribution in [0.1, 0.15) is 36.6 Å². The van der Waals surface area contributed by atoms with E-state index in [2.05, 4.69) is 34.3 Å². The van der Waals surface area contributed by atoms with Gasteiger partial charge in [-0.2, -0.15) is 14.2 Å². The van der Waals surface area contributed by atoms with Gasteiger partial charge in [0.15, 0.2) is 0 Å². The van der Waals surface area contributed by atoms with Gasteiger partial charge in [0.1, 0.15) is 29.4 Å². The largest absolute Gasteiger partial charge is 0.586 e. The summed E-state index contributed by atoms with van der Waals surface area (Å²) >= 11 is -1.77. The normalized spacial score (nSPS) is 17.5. The highest BCUT2D eigenvalue weighted by molar-refractivity contribution is 7.89. The molecular weight excluding hydrogens is 481 g/mol. The highest BCUT2D eigenvalue weighted by Crippen LogP contribution is 2.35. The molecule has 9 nitrogen and oxygen atoms in total. The predicted octanol–water partition coefficient (Wildman–Crippen LogP) is 3.57. The average molecular weight is 512 g/mol. The van der Waals surface area contributed by atoms with Gasteiger partial charge in [-0.1, -0.05) is 13.8 Å². The molecule has 1 aliphatic rings. The number of hydrogen-bond donors (Lipinski definition) is 2. The Labute approximate surface area is 213 Å². The number of anilines is 2. The Morgan fingerprint density at radius 3 is 2.61 bits per heavy atom. The molecule has 1 aliphatic heterocycles. The number of benzene rings is 2. The Kier molecular flexibility index (Phi) is 7.72. The molecule has 1 amide bonds. The lowest BCUT2D eigenvalue weighted by molar-refractivity contribution is -0.136. The molecule has 2 heterocycles. The highest BCUT2D eigenvalue weighted by atomic mass is 32.2. The van der Waals surface area contributed by atoms with Crippen LogP contribution in [0.25, 0.3) is 0 Å². The van der Waals surface area contributed by atoms with Crippen molar-refractivity contribution >= 4 is 34.9 Å². The van der Waals surface area contributed by atoms with Crippen molar-refractivity contribution in [3.63, 3.8) is 0 Å². The summed E-state index contributed by atoms with van der Waals surface area (Å²) in [6.45, 7) is 7.66. The van der Waals surface area contributed by atoms with Gasteiger partial charge in [-0.05, 0) is 60.4 Å². The summed E-state index contributed by atoms with van der Waals surface area (Å²) < 4.78 is 27.9. The Balaban J connectivity index is 1.70. The van der Waals surface area contributed by atoms with E-state index in [0.29, 0.717) is 42.5 Å². The second kappa shape index (κ2) is 10.8. The lowest BCUT2D eigenvalue weighted by atomic mass is 9.93. The first-order valence-corrected chi connectivity index (χ1v) is 12.8. The van der Waals surface area contributed by atoms with Crippen LogP contribution in [0.5, 0.6) is 0 Å². The average Bonchev–Trinajstić information content (AvgIpc) is 3.27. The molecule has 11 heteroatoms. The van der Waals surface area contributed by atoms with Crippen LogP contribution < -0.4 is 5.32 Å². The molecule has 0 radical (unpaired) electrons. The summed E-state index contributed by atoms with van der Waals surface area (Å²) in [6, 6.07) is 9.05. The molecule has 190 valence electrons. The third-order valence-electron chi connectivity index (χ3n) is 6.00. The molecule has 0 bridgehead atoms. The number of nitrogens with zero attached hydrogens (tertiary/aromatic N) is 5. The van der Waals surface area contributed by atoms with E-state index in [1.165, 1.54) is 33.6 Å². The molecule has 0 aliphatic carbocycles. The third kappa shape index (κ3) is 5.43. The minimum Gasteiger partial charge on any atom is -0.586 e. The number of amides is 1. The number of nitrogens with one attached hydrogen (secondary N) is 2. The Hall–Kier alpha value is -3.28. The van der Waals surface area contributed by atoms with Crippen molar-refractivity contribution in [2.45, 2.75) is 31.8 Å². The van der Waals surface area contributed by atoms with Crippen molar-refractivity contribution in [3.05, 3.63) is 65.1 Å². The maximum absolute atomic E-state index is 13.8. The number of aromatic nitrogens is 3. The van der Waals surface area contributed by atoms with E-state index in [1.807, 2.05) is 19.1 Å². The van der Waals surface area contributed by atoms with Crippen LogP contribution in [0.4, 0.5) is 15.8 Å². The summed E-state index contributed by atoms with van der Waals surface area (Å²) in [7, 11) is 1.63. The van der Waals surface area contributed by atoms with Crippen LogP contribution in [-0.4, -0.2) is 60.5 Å². The smallest absolute Gasteiger partial charge is 0.310 e. The van der Waals surface area contributed by atoms with Crippen LogP contribution in [0.15, 0.2) is 47.6 Å². The number of rotatable bonds is 8. The van der Waals surface area contributed by atoms with Gasteiger partial charge >= 0.3 is 5.03 Å². The number of carbonyl (C=O) groups is 1. The van der Waals surface area contributed by atoms with Gasteiger partial charge in [0.25, 0.3) is 5.91 Å². The molecule has 2 atom stereocenters. The summed E-state index contributed by atoms with van der Waals surface area (Å²) in [4.78, 5) is 17.3. The van der Waals surface area contributed by atoms with Gasteiger partial charge in [-0.3, -0.25) is 9.69 Å². The predicted molar refractivity (Wildman–Crippen MR) is 137 cm³/mol. The first-order valence-electron chi connectivity index (χ1n) is 11.7. The van der Waals surface area contributed by atoms with Crippen LogP contribution in [-0.2, 0) is 23.2 Å². The van der Waals surface area contributed by atoms with E-state index in [4.69, 9.17) is 5.41 Å². The number of hydrogen-bond acceptors (Lipinski definition) is 7. The molecule has 4 rings (SSSR count). The Morgan fingerprint density at radius 1 is 1.28 bits per heavy atom. The zero-order chi connectivity index (χ0) is 26.0. The van der Waals surface area contributed by atoms with Gasteiger partial charge in [0.2, 0.25) is 0 Å². The van der Waals surface area contributed by atoms with Gasteiger partial charge < -0.3 is 15.3 Å². The van der Waals surface area contributed by atoms with E-state index in [0.717, 1.165) is 11.1 Å². The van der Waals surface area contributed by atoms with E-state index in [9.17, 15) is 13.7 Å². The third-order valence-corrected chi connectivity index (χ3v) is 7.31. The zero-order valence-electron chi connectivity index (χ0n) is 20.7. The second-order valence-corrected chi connectivity index (χ2v) is 10.6. The van der Waals surface area contributed by atoms with E-state index in [1.54, 1.807) is 19.2 Å². The SMILES string of the molecule is Cc1cc(Nc2ccc(F)cc2)c(C=N)cc1C1C(=O)N([S+]([O-])c2cnn(C)n2)CCN1CC(C)C. The fraction of sp³-hybridized carbons (Fsp3) is 0.360. The van der Waals surface area contributed by atoms with Crippen molar-refractivity contribution in [1.29, 1.82) is 5.41 Å². The van der Waals surface area contributed by atoms with Crippen molar-refractivity contribution < 1.29 is 13.7 Å². The maximum Gasteiger partial charge on any atom is 0.310 e. The number of carbonyl (C=O) groups excluding carboxylic acids is 1. The van der Waals surface area contributed by atoms with Crippen LogP contribution in [0.2, 0.25) is 0 Å². The lowest BCUT2D eigenvalue weighted by Gasteiger charge is -2.40. The molecule has 0 saturated carbocycles. The molecular formula is C25H30FN7O2S. The minimum atomic E-state index is -1.77. The Morgan fingerprint density at radius 2 is 2.00 bits per heavy atom. The fourth-order valence-electron chi connectivity index (χ4n) is 4.38. The van der Waals surface area contributed by atoms with Gasteiger partial charge in [0.05, 0.1) is 6.54 Å². The summed E-state index contributed by atoms with van der Waals surface area (Å²) in [5.74, 6) is -0.285. The number of halogens is 1. The van der Waals surface area contributed by atoms with Crippen molar-refractivity contribution in [1.82, 2.24) is 24.2 Å². The van der Waals surface area contributed by atoms with Crippen molar-refractivity contribution in [2.75, 3.05) is 25.0 Å². The first kappa shape index (κ1) is 25.8. The minimum absolute atomic E-state index is 0.234. The van der Waals surface area contributed by atoms with Gasteiger partial charge in [0, 0.05) is 43.3 Å². The number of aryl methyl sites for hydroxylation is 2. The molecule has 1 aromatic heterocycles. The standard InChI is InChI=1S/C25H30FN7O2S/c1-16(2)15-32-9-10-33(36(35)23-14-28-31(4)30-23)25(34)24(32)21-12-18(13-27)22(11-17(21)3)29-20-7-5-19(26)6-8-20/h5-8,11-14,16,24,27,29H,9-10,15H2,1-4H3. The van der Waals surface area contributed by atoms with Crippen molar-refractivity contribution in [2.24, 2.45) is 13.0 Å². The number of piperazine rings is 1. The maximum atomic E-state index is 13.8. The highest BCUT2D eigenvalue weighted by Gasteiger charge is 2.43. The molecule has 2 N–H and O–H groups in total. The van der Waals surface area contributed by atoms with E-state index >= 15 is 0 Å². The first-order chi connectivity index (χ1) is 17.2.